The van der Waals surface area contributed by atoms with Crippen LogP contribution in [0.5, 0.6) is 0 Å². The van der Waals surface area contributed by atoms with Crippen molar-refractivity contribution < 1.29 is 4.92 Å². The molecule has 2 aromatic carbocycles. The van der Waals surface area contributed by atoms with Crippen molar-refractivity contribution >= 4 is 28.1 Å². The van der Waals surface area contributed by atoms with E-state index in [2.05, 4.69) is 43.7 Å². The van der Waals surface area contributed by atoms with Gasteiger partial charge in [0.05, 0.1) is 10.4 Å². The quantitative estimate of drug-likeness (QED) is 0.428. The molecule has 1 fully saturated rings. The van der Waals surface area contributed by atoms with Crippen molar-refractivity contribution in [3.8, 4) is 0 Å². The lowest BCUT2D eigenvalue weighted by Gasteiger charge is -2.18. The lowest BCUT2D eigenvalue weighted by atomic mass is 10.1. The zero-order chi connectivity index (χ0) is 20.9. The molecule has 2 N–H and O–H groups in total. The van der Waals surface area contributed by atoms with E-state index in [-0.39, 0.29) is 10.6 Å². The van der Waals surface area contributed by atoms with Crippen molar-refractivity contribution in [2.45, 2.75) is 32.9 Å². The highest BCUT2D eigenvalue weighted by Gasteiger charge is 2.18. The van der Waals surface area contributed by atoms with Gasteiger partial charge in [0.25, 0.3) is 5.69 Å². The van der Waals surface area contributed by atoms with E-state index in [0.29, 0.717) is 35.5 Å². The van der Waals surface area contributed by atoms with Crippen molar-refractivity contribution in [1.29, 1.82) is 0 Å². The molecule has 0 spiro atoms. The zero-order valence-corrected chi connectivity index (χ0v) is 17.1. The monoisotopic (exact) mass is 406 g/mol. The minimum absolute atomic E-state index is 0.0247. The highest BCUT2D eigenvalue weighted by Crippen LogP contribution is 2.32. The molecule has 3 aromatic rings. The van der Waals surface area contributed by atoms with E-state index in [1.807, 2.05) is 13.0 Å². The molecule has 30 heavy (non-hydrogen) atoms. The van der Waals surface area contributed by atoms with Crippen LogP contribution in [0.2, 0.25) is 0 Å². The fraction of sp³-hybridized carbons (Fsp3) is 0.364. The van der Waals surface area contributed by atoms with E-state index >= 15 is 0 Å². The number of nitro benzene ring substituents is 1. The van der Waals surface area contributed by atoms with Gasteiger partial charge in [0, 0.05) is 31.1 Å². The Labute approximate surface area is 175 Å². The molecule has 0 bridgehead atoms. The first-order valence-electron chi connectivity index (χ1n) is 10.4. The molecule has 1 aliphatic heterocycles. The number of nitro groups is 1. The lowest BCUT2D eigenvalue weighted by molar-refractivity contribution is -0.383. The van der Waals surface area contributed by atoms with Gasteiger partial charge in [0.1, 0.15) is 17.8 Å². The second kappa shape index (κ2) is 9.04. The van der Waals surface area contributed by atoms with Crippen LogP contribution in [0.4, 0.5) is 17.2 Å². The Balaban J connectivity index is 1.60. The van der Waals surface area contributed by atoms with Crippen LogP contribution in [-0.2, 0) is 13.1 Å². The molecule has 0 amide bonds. The summed E-state index contributed by atoms with van der Waals surface area (Å²) in [6, 6.07) is 11.7. The summed E-state index contributed by atoms with van der Waals surface area (Å²) in [4.78, 5) is 22.3. The summed E-state index contributed by atoms with van der Waals surface area (Å²) in [6.07, 6.45) is 4.02. The summed E-state index contributed by atoms with van der Waals surface area (Å²) >= 11 is 0. The van der Waals surface area contributed by atoms with E-state index in [4.69, 9.17) is 0 Å². The Morgan fingerprint density at radius 3 is 2.60 bits per heavy atom. The van der Waals surface area contributed by atoms with Gasteiger partial charge in [-0.25, -0.2) is 9.97 Å². The van der Waals surface area contributed by atoms with Crippen molar-refractivity contribution in [3.05, 3.63) is 64.0 Å². The maximum absolute atomic E-state index is 11.5. The molecule has 8 nitrogen and oxygen atoms in total. The van der Waals surface area contributed by atoms with Gasteiger partial charge >= 0.3 is 0 Å². The first-order valence-corrected chi connectivity index (χ1v) is 10.4. The summed E-state index contributed by atoms with van der Waals surface area (Å²) in [7, 11) is 0. The molecule has 0 unspecified atom stereocenters. The Morgan fingerprint density at radius 1 is 1.10 bits per heavy atom. The van der Waals surface area contributed by atoms with E-state index in [1.165, 1.54) is 30.3 Å². The van der Waals surface area contributed by atoms with Gasteiger partial charge in [0.2, 0.25) is 0 Å². The zero-order valence-electron chi connectivity index (χ0n) is 17.1. The smallest absolute Gasteiger partial charge is 0.293 e. The number of likely N-dealkylation sites (tertiary alicyclic amines) is 1. The Kier molecular flexibility index (Phi) is 6.04. The maximum atomic E-state index is 11.5. The van der Waals surface area contributed by atoms with Gasteiger partial charge in [-0.1, -0.05) is 24.3 Å². The molecule has 2 heterocycles. The molecule has 1 aliphatic rings. The molecule has 1 aromatic heterocycles. The molecule has 0 radical (unpaired) electrons. The van der Waals surface area contributed by atoms with Gasteiger partial charge in [-0.15, -0.1) is 0 Å². The van der Waals surface area contributed by atoms with Gasteiger partial charge in [-0.05, 0) is 50.0 Å². The van der Waals surface area contributed by atoms with Gasteiger partial charge in [-0.2, -0.15) is 0 Å². The van der Waals surface area contributed by atoms with Crippen LogP contribution in [-0.4, -0.2) is 39.4 Å². The summed E-state index contributed by atoms with van der Waals surface area (Å²) in [5.74, 6) is 0.599. The fourth-order valence-electron chi connectivity index (χ4n) is 3.96. The second-order valence-corrected chi connectivity index (χ2v) is 7.50. The summed E-state index contributed by atoms with van der Waals surface area (Å²) in [5, 5.41) is 18.6. The average Bonchev–Trinajstić information content (AvgIpc) is 3.26. The first-order chi connectivity index (χ1) is 14.7. The number of nitrogens with zero attached hydrogens (tertiary/aromatic N) is 4. The number of benzene rings is 2. The second-order valence-electron chi connectivity index (χ2n) is 7.50. The minimum Gasteiger partial charge on any atom is -0.380 e. The Morgan fingerprint density at radius 2 is 1.87 bits per heavy atom. The average molecular weight is 406 g/mol. The molecule has 156 valence electrons. The number of anilines is 2. The Bertz CT molecular complexity index is 1050. The van der Waals surface area contributed by atoms with Crippen LogP contribution in [0.3, 0.4) is 0 Å². The number of aromatic nitrogens is 2. The lowest BCUT2D eigenvalue weighted by Crippen LogP contribution is -2.19. The third-order valence-electron chi connectivity index (χ3n) is 5.47. The summed E-state index contributed by atoms with van der Waals surface area (Å²) in [5.41, 5.74) is 3.66. The van der Waals surface area contributed by atoms with Crippen molar-refractivity contribution in [2.24, 2.45) is 0 Å². The van der Waals surface area contributed by atoms with Crippen LogP contribution in [0.1, 0.15) is 30.9 Å². The maximum Gasteiger partial charge on any atom is 0.293 e. The molecule has 8 heteroatoms. The van der Waals surface area contributed by atoms with Gasteiger partial charge in [0.15, 0.2) is 0 Å². The molecule has 0 atom stereocenters. The predicted molar refractivity (Wildman–Crippen MR) is 119 cm³/mol. The number of nitrogens with one attached hydrogen (secondary N) is 2. The van der Waals surface area contributed by atoms with Crippen LogP contribution in [0, 0.1) is 10.1 Å². The highest BCUT2D eigenvalue weighted by atomic mass is 16.6. The standard InChI is InChI=1S/C22H26N6O2/c1-2-23-20-12-19-18(11-21(20)28(29)30)22(26-15-25-19)24-13-16-7-3-4-8-17(16)14-27-9-5-6-10-27/h3-4,7-8,11-12,15,23H,2,5-6,9-10,13-14H2,1H3,(H,24,25,26). The number of fused-ring (bicyclic) bond motifs is 1. The molecular weight excluding hydrogens is 380 g/mol. The fourth-order valence-corrected chi connectivity index (χ4v) is 3.96. The van der Waals surface area contributed by atoms with E-state index in [1.54, 1.807) is 12.1 Å². The SMILES string of the molecule is CCNc1cc2ncnc(NCc3ccccc3CN3CCCC3)c2cc1[N+](=O)[O-]. The van der Waals surface area contributed by atoms with Crippen LogP contribution in [0.25, 0.3) is 10.9 Å². The van der Waals surface area contributed by atoms with Gasteiger partial charge in [-0.3, -0.25) is 15.0 Å². The van der Waals surface area contributed by atoms with E-state index < -0.39 is 0 Å². The van der Waals surface area contributed by atoms with E-state index in [0.717, 1.165) is 19.6 Å². The molecule has 0 saturated carbocycles. The van der Waals surface area contributed by atoms with Gasteiger partial charge < -0.3 is 10.6 Å². The van der Waals surface area contributed by atoms with Crippen LogP contribution in [0.15, 0.2) is 42.7 Å². The van der Waals surface area contributed by atoms with Crippen LogP contribution >= 0.6 is 0 Å². The Hall–Kier alpha value is -3.26. The first kappa shape index (κ1) is 20.0. The number of hydrogen-bond donors (Lipinski definition) is 2. The van der Waals surface area contributed by atoms with Crippen molar-refractivity contribution in [1.82, 2.24) is 14.9 Å². The normalized spacial score (nSPS) is 14.2. The topological polar surface area (TPSA) is 96.2 Å². The predicted octanol–water partition coefficient (Wildman–Crippen LogP) is 4.18. The minimum atomic E-state index is -0.375. The molecular formula is C22H26N6O2. The number of rotatable bonds is 8. The molecule has 0 aliphatic carbocycles. The third-order valence-corrected chi connectivity index (χ3v) is 5.47. The summed E-state index contributed by atoms with van der Waals surface area (Å²) in [6.45, 7) is 6.34. The van der Waals surface area contributed by atoms with Crippen LogP contribution < -0.4 is 10.6 Å². The summed E-state index contributed by atoms with van der Waals surface area (Å²) < 4.78 is 0. The molecule has 4 rings (SSSR count). The largest absolute Gasteiger partial charge is 0.380 e. The highest BCUT2D eigenvalue weighted by molar-refractivity contribution is 5.94. The van der Waals surface area contributed by atoms with Crippen molar-refractivity contribution in [3.63, 3.8) is 0 Å². The van der Waals surface area contributed by atoms with E-state index in [9.17, 15) is 10.1 Å². The van der Waals surface area contributed by atoms with Crippen molar-refractivity contribution in [2.75, 3.05) is 30.3 Å². The molecule has 1 saturated heterocycles. The third kappa shape index (κ3) is 4.33. The number of hydrogen-bond acceptors (Lipinski definition) is 7.